The number of carbonyl (C=O) groups is 1. The van der Waals surface area contributed by atoms with Crippen LogP contribution in [-0.2, 0) is 9.53 Å². The van der Waals surface area contributed by atoms with Gasteiger partial charge in [-0.2, -0.15) is 0 Å². The van der Waals surface area contributed by atoms with Gasteiger partial charge in [0.15, 0.2) is 5.60 Å². The highest BCUT2D eigenvalue weighted by Crippen LogP contribution is 2.08. The van der Waals surface area contributed by atoms with Crippen molar-refractivity contribution < 1.29 is 23.4 Å². The molecule has 0 fully saturated rings. The number of hydrogen-bond donors (Lipinski definition) is 1. The van der Waals surface area contributed by atoms with Crippen LogP contribution in [0.25, 0.3) is 0 Å². The SMILES string of the molecule is COC(=O)C(C)(O)CN(C)CC(F)F. The van der Waals surface area contributed by atoms with Crippen molar-refractivity contribution in [2.24, 2.45) is 0 Å². The first kappa shape index (κ1) is 13.2. The van der Waals surface area contributed by atoms with Gasteiger partial charge in [0.1, 0.15) is 0 Å². The predicted molar refractivity (Wildman–Crippen MR) is 46.1 cm³/mol. The van der Waals surface area contributed by atoms with Crippen molar-refractivity contribution >= 4 is 5.97 Å². The summed E-state index contributed by atoms with van der Waals surface area (Å²) < 4.78 is 28.1. The summed E-state index contributed by atoms with van der Waals surface area (Å²) in [6.45, 7) is 0.540. The molecule has 0 saturated carbocycles. The molecule has 1 atom stereocenters. The van der Waals surface area contributed by atoms with Crippen LogP contribution in [0.3, 0.4) is 0 Å². The molecule has 0 radical (unpaired) electrons. The van der Waals surface area contributed by atoms with Gasteiger partial charge in [0.05, 0.1) is 13.7 Å². The van der Waals surface area contributed by atoms with Crippen LogP contribution < -0.4 is 0 Å². The Hall–Kier alpha value is -0.750. The zero-order valence-corrected chi connectivity index (χ0v) is 8.46. The Morgan fingerprint density at radius 1 is 1.64 bits per heavy atom. The minimum absolute atomic E-state index is 0.190. The summed E-state index contributed by atoms with van der Waals surface area (Å²) in [7, 11) is 2.52. The molecule has 0 rings (SSSR count). The highest BCUT2D eigenvalue weighted by atomic mass is 19.3. The number of carbonyl (C=O) groups excluding carboxylic acids is 1. The van der Waals surface area contributed by atoms with Crippen molar-refractivity contribution in [2.45, 2.75) is 19.0 Å². The first-order valence-electron chi connectivity index (χ1n) is 4.07. The fourth-order valence-electron chi connectivity index (χ4n) is 1.11. The van der Waals surface area contributed by atoms with E-state index in [1.54, 1.807) is 0 Å². The van der Waals surface area contributed by atoms with Crippen molar-refractivity contribution in [1.82, 2.24) is 4.90 Å². The van der Waals surface area contributed by atoms with Gasteiger partial charge in [-0.3, -0.25) is 4.90 Å². The van der Waals surface area contributed by atoms with E-state index in [1.807, 2.05) is 0 Å². The molecule has 0 aromatic heterocycles. The molecule has 0 aromatic carbocycles. The van der Waals surface area contributed by atoms with E-state index in [0.717, 1.165) is 7.11 Å². The number of nitrogens with zero attached hydrogens (tertiary/aromatic N) is 1. The average Bonchev–Trinajstić information content (AvgIpc) is 1.99. The van der Waals surface area contributed by atoms with E-state index in [1.165, 1.54) is 18.9 Å². The molecule has 4 nitrogen and oxygen atoms in total. The molecule has 0 heterocycles. The number of likely N-dealkylation sites (N-methyl/N-ethyl adjacent to an activating group) is 1. The third-order valence-corrected chi connectivity index (χ3v) is 1.65. The first-order valence-corrected chi connectivity index (χ1v) is 4.07. The van der Waals surface area contributed by atoms with Crippen molar-refractivity contribution in [3.63, 3.8) is 0 Å². The van der Waals surface area contributed by atoms with Crippen LogP contribution >= 0.6 is 0 Å². The lowest BCUT2D eigenvalue weighted by Crippen LogP contribution is -2.47. The van der Waals surface area contributed by atoms with Gasteiger partial charge < -0.3 is 9.84 Å². The lowest BCUT2D eigenvalue weighted by atomic mass is 10.1. The highest BCUT2D eigenvalue weighted by Gasteiger charge is 2.33. The molecule has 6 heteroatoms. The van der Waals surface area contributed by atoms with Gasteiger partial charge in [-0.05, 0) is 14.0 Å². The second kappa shape index (κ2) is 5.21. The predicted octanol–water partition coefficient (Wildman–Crippen LogP) is 0.107. The van der Waals surface area contributed by atoms with Crippen LogP contribution in [0.1, 0.15) is 6.92 Å². The van der Waals surface area contributed by atoms with E-state index in [9.17, 15) is 18.7 Å². The number of halogens is 2. The van der Waals surface area contributed by atoms with Gasteiger partial charge in [0, 0.05) is 6.54 Å². The number of hydrogen-bond acceptors (Lipinski definition) is 4. The van der Waals surface area contributed by atoms with E-state index < -0.39 is 24.5 Å². The van der Waals surface area contributed by atoms with E-state index in [4.69, 9.17) is 0 Å². The van der Waals surface area contributed by atoms with Crippen LogP contribution in [-0.4, -0.2) is 55.2 Å². The Kier molecular flexibility index (Phi) is 4.93. The quantitative estimate of drug-likeness (QED) is 0.656. The molecular weight excluding hydrogens is 196 g/mol. The standard InChI is InChI=1S/C8H15F2NO3/c1-8(13,7(12)14-3)5-11(2)4-6(9)10/h6,13H,4-5H2,1-3H3. The maximum Gasteiger partial charge on any atom is 0.338 e. The molecule has 0 spiro atoms. The van der Waals surface area contributed by atoms with Gasteiger partial charge in [-0.1, -0.05) is 0 Å². The third kappa shape index (κ3) is 4.48. The largest absolute Gasteiger partial charge is 0.467 e. The smallest absolute Gasteiger partial charge is 0.338 e. The summed E-state index contributed by atoms with van der Waals surface area (Å²) in [5, 5.41) is 9.51. The van der Waals surface area contributed by atoms with Gasteiger partial charge in [-0.25, -0.2) is 13.6 Å². The molecule has 0 aromatic rings. The Bertz CT molecular complexity index is 197. The van der Waals surface area contributed by atoms with Gasteiger partial charge >= 0.3 is 5.97 Å². The fourth-order valence-corrected chi connectivity index (χ4v) is 1.11. The summed E-state index contributed by atoms with van der Waals surface area (Å²) >= 11 is 0. The first-order chi connectivity index (χ1) is 6.29. The Balaban J connectivity index is 4.14. The molecular formula is C8H15F2NO3. The monoisotopic (exact) mass is 211 g/mol. The molecule has 0 aliphatic heterocycles. The van der Waals surface area contributed by atoms with E-state index in [0.29, 0.717) is 0 Å². The van der Waals surface area contributed by atoms with Gasteiger partial charge in [0.2, 0.25) is 0 Å². The lowest BCUT2D eigenvalue weighted by molar-refractivity contribution is -0.162. The minimum Gasteiger partial charge on any atom is -0.467 e. The summed E-state index contributed by atoms with van der Waals surface area (Å²) in [5.74, 6) is -0.835. The number of aliphatic hydroxyl groups is 1. The zero-order valence-electron chi connectivity index (χ0n) is 8.46. The van der Waals surface area contributed by atoms with Crippen LogP contribution in [0.5, 0.6) is 0 Å². The molecule has 0 saturated heterocycles. The molecule has 1 N–H and O–H groups in total. The van der Waals surface area contributed by atoms with E-state index >= 15 is 0 Å². The topological polar surface area (TPSA) is 49.8 Å². The van der Waals surface area contributed by atoms with Crippen molar-refractivity contribution in [3.8, 4) is 0 Å². The highest BCUT2D eigenvalue weighted by molar-refractivity contribution is 5.78. The molecule has 0 bridgehead atoms. The van der Waals surface area contributed by atoms with E-state index in [2.05, 4.69) is 4.74 Å². The van der Waals surface area contributed by atoms with Crippen LogP contribution in [0, 0.1) is 0 Å². The summed E-state index contributed by atoms with van der Waals surface area (Å²) in [6.07, 6.45) is -2.49. The van der Waals surface area contributed by atoms with Gasteiger partial charge in [-0.15, -0.1) is 0 Å². The normalized spacial score (nSPS) is 15.7. The van der Waals surface area contributed by atoms with Crippen LogP contribution in [0.4, 0.5) is 8.78 Å². The maximum absolute atomic E-state index is 11.9. The maximum atomic E-state index is 11.9. The second-order valence-electron chi connectivity index (χ2n) is 3.35. The van der Waals surface area contributed by atoms with E-state index in [-0.39, 0.29) is 6.54 Å². The Morgan fingerprint density at radius 2 is 2.14 bits per heavy atom. The van der Waals surface area contributed by atoms with Crippen molar-refractivity contribution in [3.05, 3.63) is 0 Å². The number of alkyl halides is 2. The van der Waals surface area contributed by atoms with Crippen LogP contribution in [0.2, 0.25) is 0 Å². The average molecular weight is 211 g/mol. The lowest BCUT2D eigenvalue weighted by Gasteiger charge is -2.26. The molecule has 14 heavy (non-hydrogen) atoms. The van der Waals surface area contributed by atoms with Crippen molar-refractivity contribution in [1.29, 1.82) is 0 Å². The summed E-state index contributed by atoms with van der Waals surface area (Å²) in [5.41, 5.74) is -1.75. The number of esters is 1. The molecule has 0 amide bonds. The van der Waals surface area contributed by atoms with Crippen molar-refractivity contribution in [2.75, 3.05) is 27.2 Å². The third-order valence-electron chi connectivity index (χ3n) is 1.65. The number of rotatable bonds is 5. The van der Waals surface area contributed by atoms with Crippen LogP contribution in [0.15, 0.2) is 0 Å². The molecule has 1 unspecified atom stereocenters. The Labute approximate surface area is 81.5 Å². The fraction of sp³-hybridized carbons (Fsp3) is 0.875. The summed E-state index contributed by atoms with van der Waals surface area (Å²) in [4.78, 5) is 12.1. The Morgan fingerprint density at radius 3 is 2.50 bits per heavy atom. The minimum atomic E-state index is -2.49. The second-order valence-corrected chi connectivity index (χ2v) is 3.35. The molecule has 0 aliphatic carbocycles. The summed E-state index contributed by atoms with van der Waals surface area (Å²) in [6, 6.07) is 0. The number of methoxy groups -OCH3 is 1. The number of ether oxygens (including phenoxy) is 1. The van der Waals surface area contributed by atoms with Gasteiger partial charge in [0.25, 0.3) is 6.43 Å². The molecule has 84 valence electrons. The zero-order chi connectivity index (χ0) is 11.4. The molecule has 0 aliphatic rings.